The first-order valence-corrected chi connectivity index (χ1v) is 22.8. The molecule has 0 atom stereocenters. The molecule has 4 aromatic carbocycles. The maximum Gasteiger partial charge on any atom is 0.133 e. The first-order valence-electron chi connectivity index (χ1n) is 21.1. The monoisotopic (exact) mass is 800 g/mol. The third-order valence-corrected chi connectivity index (χ3v) is 12.9. The van der Waals surface area contributed by atoms with Crippen LogP contribution in [0.15, 0.2) is 80.2 Å². The molecule has 0 aromatic heterocycles. The standard InChI is InChI=1S/C28H42O2S.C22H30O2S/c1-3-5-7-9-11-13-15-23-17-19-25(29)27(21-23)31-28-22-24(18-20-26(28)30)16-14-12-10-8-6-4-2;1-13-9-11-15(21(3,4)5)17(23)19(13)25-20-14(2)10-12-16(18(20)24)22(6,7)8/h17-22,29-30H,3-16H2,1-2H3;9-12,23-24H,1-8H3. The Kier molecular flexibility index (Phi) is 19.1. The van der Waals surface area contributed by atoms with E-state index < -0.39 is 0 Å². The Labute approximate surface area is 349 Å². The van der Waals surface area contributed by atoms with Crippen molar-refractivity contribution in [2.24, 2.45) is 0 Å². The second kappa shape index (κ2) is 22.6. The van der Waals surface area contributed by atoms with E-state index in [2.05, 4.69) is 67.5 Å². The molecule has 0 bridgehead atoms. The molecule has 4 rings (SSSR count). The van der Waals surface area contributed by atoms with Crippen molar-refractivity contribution in [1.82, 2.24) is 0 Å². The Morgan fingerprint density at radius 2 is 0.804 bits per heavy atom. The van der Waals surface area contributed by atoms with Gasteiger partial charge in [0.2, 0.25) is 0 Å². The zero-order valence-corrected chi connectivity index (χ0v) is 37.9. The average molecular weight is 801 g/mol. The summed E-state index contributed by atoms with van der Waals surface area (Å²) in [5, 5.41) is 42.5. The van der Waals surface area contributed by atoms with Crippen molar-refractivity contribution in [2.45, 2.75) is 190 Å². The first kappa shape index (κ1) is 47.2. The minimum atomic E-state index is -0.141. The summed E-state index contributed by atoms with van der Waals surface area (Å²) in [6.07, 6.45) is 17.5. The summed E-state index contributed by atoms with van der Waals surface area (Å²) in [6.45, 7) is 21.0. The minimum absolute atomic E-state index is 0.141. The van der Waals surface area contributed by atoms with Gasteiger partial charge in [-0.3, -0.25) is 0 Å². The first-order chi connectivity index (χ1) is 26.5. The van der Waals surface area contributed by atoms with Crippen LogP contribution in [-0.2, 0) is 23.7 Å². The number of phenolic OH excluding ortho intramolecular Hbond substituents is 4. The van der Waals surface area contributed by atoms with Crippen molar-refractivity contribution in [2.75, 3.05) is 0 Å². The minimum Gasteiger partial charge on any atom is -0.507 e. The quantitative estimate of drug-likeness (QED) is 0.0751. The highest BCUT2D eigenvalue weighted by molar-refractivity contribution is 7.99. The number of aryl methyl sites for hydroxylation is 4. The van der Waals surface area contributed by atoms with Crippen molar-refractivity contribution in [3.63, 3.8) is 0 Å². The molecule has 0 aliphatic heterocycles. The molecule has 0 aliphatic rings. The van der Waals surface area contributed by atoms with Crippen LogP contribution in [0.3, 0.4) is 0 Å². The Morgan fingerprint density at radius 1 is 0.446 bits per heavy atom. The highest BCUT2D eigenvalue weighted by Gasteiger charge is 2.25. The number of hydrogen-bond acceptors (Lipinski definition) is 6. The van der Waals surface area contributed by atoms with Crippen LogP contribution >= 0.6 is 23.5 Å². The lowest BCUT2D eigenvalue weighted by Gasteiger charge is -2.25. The maximum absolute atomic E-state index is 10.9. The molecule has 0 saturated heterocycles. The Morgan fingerprint density at radius 3 is 1.16 bits per heavy atom. The van der Waals surface area contributed by atoms with E-state index in [0.29, 0.717) is 11.5 Å². The van der Waals surface area contributed by atoms with Crippen molar-refractivity contribution in [3.05, 3.63) is 94.0 Å². The third-order valence-electron chi connectivity index (χ3n) is 10.4. The van der Waals surface area contributed by atoms with E-state index in [-0.39, 0.29) is 22.3 Å². The second-order valence-corrected chi connectivity index (χ2v) is 19.7. The number of benzene rings is 4. The molecule has 6 heteroatoms. The van der Waals surface area contributed by atoms with Gasteiger partial charge >= 0.3 is 0 Å². The van der Waals surface area contributed by atoms with E-state index in [1.165, 1.54) is 112 Å². The molecular weight excluding hydrogens is 729 g/mol. The zero-order chi connectivity index (χ0) is 41.5. The SMILES string of the molecule is CCCCCCCCc1ccc(O)c(Sc2cc(CCCCCCCC)ccc2O)c1.Cc1ccc(C(C)(C)C)c(O)c1Sc1c(C)ccc(C(C)(C)C)c1O. The Bertz CT molecular complexity index is 1680. The summed E-state index contributed by atoms with van der Waals surface area (Å²) in [5.74, 6) is 1.21. The lowest BCUT2D eigenvalue weighted by molar-refractivity contribution is 0.431. The van der Waals surface area contributed by atoms with E-state index in [9.17, 15) is 20.4 Å². The molecule has 0 amide bonds. The van der Waals surface area contributed by atoms with Gasteiger partial charge in [-0.2, -0.15) is 0 Å². The van der Waals surface area contributed by atoms with Crippen LogP contribution in [-0.4, -0.2) is 20.4 Å². The summed E-state index contributed by atoms with van der Waals surface area (Å²) >= 11 is 2.92. The molecule has 56 heavy (non-hydrogen) atoms. The second-order valence-electron chi connectivity index (χ2n) is 17.6. The van der Waals surface area contributed by atoms with Gasteiger partial charge < -0.3 is 20.4 Å². The lowest BCUT2D eigenvalue weighted by Crippen LogP contribution is -2.12. The van der Waals surface area contributed by atoms with Gasteiger partial charge in [-0.25, -0.2) is 0 Å². The van der Waals surface area contributed by atoms with Crippen LogP contribution in [0, 0.1) is 13.8 Å². The van der Waals surface area contributed by atoms with Gasteiger partial charge in [-0.15, -0.1) is 0 Å². The lowest BCUT2D eigenvalue weighted by atomic mass is 9.86. The molecule has 0 fully saturated rings. The molecule has 0 unspecified atom stereocenters. The van der Waals surface area contributed by atoms with Crippen LogP contribution < -0.4 is 0 Å². The van der Waals surface area contributed by atoms with Crippen molar-refractivity contribution in [3.8, 4) is 23.0 Å². The number of unbranched alkanes of at least 4 members (excludes halogenated alkanes) is 10. The summed E-state index contributed by atoms with van der Waals surface area (Å²) < 4.78 is 0. The van der Waals surface area contributed by atoms with E-state index in [0.717, 1.165) is 54.7 Å². The summed E-state index contributed by atoms with van der Waals surface area (Å²) in [4.78, 5) is 3.29. The topological polar surface area (TPSA) is 80.9 Å². The predicted octanol–water partition coefficient (Wildman–Crippen LogP) is 15.5. The van der Waals surface area contributed by atoms with Gasteiger partial charge in [0.1, 0.15) is 23.0 Å². The molecule has 0 heterocycles. The highest BCUT2D eigenvalue weighted by atomic mass is 32.2. The number of hydrogen-bond donors (Lipinski definition) is 4. The molecule has 4 aromatic rings. The van der Waals surface area contributed by atoms with Crippen LogP contribution in [0.1, 0.15) is 166 Å². The fourth-order valence-electron chi connectivity index (χ4n) is 6.84. The molecule has 4 N–H and O–H groups in total. The van der Waals surface area contributed by atoms with E-state index >= 15 is 0 Å². The van der Waals surface area contributed by atoms with E-state index in [1.54, 1.807) is 12.1 Å². The van der Waals surface area contributed by atoms with Gasteiger partial charge in [-0.05, 0) is 96.9 Å². The largest absolute Gasteiger partial charge is 0.507 e. The van der Waals surface area contributed by atoms with Gasteiger partial charge in [0.25, 0.3) is 0 Å². The smallest absolute Gasteiger partial charge is 0.133 e. The summed E-state index contributed by atoms with van der Waals surface area (Å²) in [6, 6.07) is 19.9. The normalized spacial score (nSPS) is 11.8. The van der Waals surface area contributed by atoms with E-state index in [1.807, 2.05) is 50.2 Å². The zero-order valence-electron chi connectivity index (χ0n) is 36.3. The van der Waals surface area contributed by atoms with Crippen LogP contribution in [0.2, 0.25) is 0 Å². The number of rotatable bonds is 18. The van der Waals surface area contributed by atoms with E-state index in [4.69, 9.17) is 0 Å². The van der Waals surface area contributed by atoms with Crippen LogP contribution in [0.5, 0.6) is 23.0 Å². The molecule has 0 aliphatic carbocycles. The predicted molar refractivity (Wildman–Crippen MR) is 242 cm³/mol. The summed E-state index contributed by atoms with van der Waals surface area (Å²) in [7, 11) is 0. The van der Waals surface area contributed by atoms with Crippen LogP contribution in [0.4, 0.5) is 0 Å². The van der Waals surface area contributed by atoms with Gasteiger partial charge in [0.05, 0.1) is 19.6 Å². The van der Waals surface area contributed by atoms with Crippen molar-refractivity contribution >= 4 is 23.5 Å². The molecule has 0 spiro atoms. The molecule has 0 radical (unpaired) electrons. The van der Waals surface area contributed by atoms with Crippen molar-refractivity contribution in [1.29, 1.82) is 0 Å². The fourth-order valence-corrected chi connectivity index (χ4v) is 8.92. The number of phenols is 4. The fraction of sp³-hybridized carbons (Fsp3) is 0.520. The molecular formula is C50H72O4S2. The maximum atomic E-state index is 10.9. The average Bonchev–Trinajstić information content (AvgIpc) is 3.12. The van der Waals surface area contributed by atoms with Gasteiger partial charge in [0, 0.05) is 11.1 Å². The summed E-state index contributed by atoms with van der Waals surface area (Å²) in [5.41, 5.74) is 6.10. The molecule has 0 saturated carbocycles. The highest BCUT2D eigenvalue weighted by Crippen LogP contribution is 2.48. The molecule has 308 valence electrons. The Balaban J connectivity index is 0.000000307. The Hall–Kier alpha value is -3.22. The number of aromatic hydroxyl groups is 4. The van der Waals surface area contributed by atoms with Gasteiger partial charge in [0.15, 0.2) is 0 Å². The molecule has 4 nitrogen and oxygen atoms in total. The van der Waals surface area contributed by atoms with Gasteiger partial charge in [-0.1, -0.05) is 180 Å². The van der Waals surface area contributed by atoms with Crippen molar-refractivity contribution < 1.29 is 20.4 Å². The van der Waals surface area contributed by atoms with Crippen LogP contribution in [0.25, 0.3) is 0 Å². The third kappa shape index (κ3) is 14.6.